The van der Waals surface area contributed by atoms with E-state index in [4.69, 9.17) is 0 Å². The Morgan fingerprint density at radius 2 is 1.80 bits per heavy atom. The molecule has 0 radical (unpaired) electrons. The van der Waals surface area contributed by atoms with Crippen LogP contribution < -0.4 is 0 Å². The van der Waals surface area contributed by atoms with E-state index in [0.717, 1.165) is 24.5 Å². The highest BCUT2D eigenvalue weighted by atomic mass is 19.4. The Morgan fingerprint density at radius 3 is 2.44 bits per heavy atom. The maximum atomic E-state index is 14.6. The predicted octanol–water partition coefficient (Wildman–Crippen LogP) is 5.30. The standard InChI is InChI=1S/C26H23F5N10/c1-5-19(22-14(2)41(38-37-22)20-7-6-16(27)8-18(20)28)40-11-17(15-9-32-25(33-10-15)26(29,30)31)21-23(36-13-39(3)4)34-12-35-24(21)40/h6-13,19H,5H2,1-4H3/b36-13+. The Bertz CT molecular complexity index is 1740. The van der Waals surface area contributed by atoms with Crippen LogP contribution in [0.2, 0.25) is 0 Å². The van der Waals surface area contributed by atoms with Crippen molar-refractivity contribution >= 4 is 23.2 Å². The van der Waals surface area contributed by atoms with Gasteiger partial charge in [-0.2, -0.15) is 13.2 Å². The fourth-order valence-corrected chi connectivity index (χ4v) is 4.46. The van der Waals surface area contributed by atoms with E-state index in [0.29, 0.717) is 40.0 Å². The summed E-state index contributed by atoms with van der Waals surface area (Å²) in [6.45, 7) is 3.61. The van der Waals surface area contributed by atoms with Crippen molar-refractivity contribution in [3.63, 3.8) is 0 Å². The molecule has 0 N–H and O–H groups in total. The fraction of sp³-hybridized carbons (Fsp3) is 0.269. The molecule has 0 aliphatic rings. The van der Waals surface area contributed by atoms with E-state index in [-0.39, 0.29) is 11.5 Å². The number of hydrogen-bond acceptors (Lipinski definition) is 7. The van der Waals surface area contributed by atoms with Gasteiger partial charge in [-0.3, -0.25) is 0 Å². The zero-order valence-electron chi connectivity index (χ0n) is 22.3. The number of fused-ring (bicyclic) bond motifs is 1. The lowest BCUT2D eigenvalue weighted by molar-refractivity contribution is -0.144. The predicted molar refractivity (Wildman–Crippen MR) is 140 cm³/mol. The van der Waals surface area contributed by atoms with Gasteiger partial charge in [0.2, 0.25) is 5.82 Å². The van der Waals surface area contributed by atoms with Gasteiger partial charge in [-0.25, -0.2) is 38.4 Å². The van der Waals surface area contributed by atoms with Crippen molar-refractivity contribution in [2.24, 2.45) is 4.99 Å². The summed E-state index contributed by atoms with van der Waals surface area (Å²) in [7, 11) is 3.56. The quantitative estimate of drug-likeness (QED) is 0.149. The van der Waals surface area contributed by atoms with Crippen LogP contribution in [0.25, 0.3) is 27.8 Å². The second-order valence-electron chi connectivity index (χ2n) is 9.34. The highest BCUT2D eigenvalue weighted by Crippen LogP contribution is 2.39. The largest absolute Gasteiger partial charge is 0.451 e. The van der Waals surface area contributed by atoms with Crippen LogP contribution in [0.4, 0.5) is 27.8 Å². The van der Waals surface area contributed by atoms with Gasteiger partial charge in [0.25, 0.3) is 0 Å². The van der Waals surface area contributed by atoms with Gasteiger partial charge in [-0.1, -0.05) is 12.1 Å². The molecule has 1 aromatic carbocycles. The topological polar surface area (TPSA) is 103 Å². The number of aromatic nitrogens is 8. The first-order chi connectivity index (χ1) is 19.5. The van der Waals surface area contributed by atoms with Gasteiger partial charge in [0.1, 0.15) is 29.2 Å². The lowest BCUT2D eigenvalue weighted by atomic mass is 10.1. The van der Waals surface area contributed by atoms with Crippen molar-refractivity contribution in [1.82, 2.24) is 44.4 Å². The van der Waals surface area contributed by atoms with Crippen LogP contribution in [-0.4, -0.2) is 64.8 Å². The highest BCUT2D eigenvalue weighted by molar-refractivity contribution is 6.01. The van der Waals surface area contributed by atoms with Gasteiger partial charge < -0.3 is 9.47 Å². The summed E-state index contributed by atoms with van der Waals surface area (Å²) < 4.78 is 70.5. The van der Waals surface area contributed by atoms with Crippen LogP contribution >= 0.6 is 0 Å². The van der Waals surface area contributed by atoms with E-state index < -0.39 is 29.7 Å². The molecule has 0 fully saturated rings. The Hall–Kier alpha value is -4.82. The second-order valence-corrected chi connectivity index (χ2v) is 9.34. The summed E-state index contributed by atoms with van der Waals surface area (Å²) in [5.74, 6) is -2.51. The van der Waals surface area contributed by atoms with Crippen molar-refractivity contribution in [1.29, 1.82) is 0 Å². The molecule has 0 bridgehead atoms. The Kier molecular flexibility index (Phi) is 7.19. The van der Waals surface area contributed by atoms with Crippen LogP contribution in [0.15, 0.2) is 48.1 Å². The van der Waals surface area contributed by atoms with E-state index in [1.54, 1.807) is 36.7 Å². The Labute approximate surface area is 230 Å². The number of hydrogen-bond donors (Lipinski definition) is 0. The molecule has 0 aliphatic heterocycles. The maximum absolute atomic E-state index is 14.6. The average molecular weight is 571 g/mol. The van der Waals surface area contributed by atoms with Crippen LogP contribution in [0.3, 0.4) is 0 Å². The summed E-state index contributed by atoms with van der Waals surface area (Å²) in [5, 5.41) is 8.89. The fourth-order valence-electron chi connectivity index (χ4n) is 4.46. The lowest BCUT2D eigenvalue weighted by Crippen LogP contribution is -2.12. The highest BCUT2D eigenvalue weighted by Gasteiger charge is 2.34. The van der Waals surface area contributed by atoms with Gasteiger partial charge in [0.05, 0.1) is 23.5 Å². The first-order valence-electron chi connectivity index (χ1n) is 12.3. The number of alkyl halides is 3. The zero-order chi connectivity index (χ0) is 29.5. The molecular weight excluding hydrogens is 547 g/mol. The third-order valence-electron chi connectivity index (χ3n) is 6.32. The number of halogens is 5. The van der Waals surface area contributed by atoms with Gasteiger partial charge in [0.15, 0.2) is 11.6 Å². The number of nitrogens with zero attached hydrogens (tertiary/aromatic N) is 10. The first kappa shape index (κ1) is 27.7. The van der Waals surface area contributed by atoms with Crippen molar-refractivity contribution in [2.45, 2.75) is 32.5 Å². The van der Waals surface area contributed by atoms with Crippen LogP contribution in [0.5, 0.6) is 0 Å². The lowest BCUT2D eigenvalue weighted by Gasteiger charge is -2.17. The number of aliphatic imine (C=N–C) groups is 1. The molecule has 1 unspecified atom stereocenters. The molecule has 15 heteroatoms. The average Bonchev–Trinajstić information content (AvgIpc) is 3.49. The minimum Gasteiger partial charge on any atom is -0.369 e. The minimum absolute atomic E-state index is 0.0279. The van der Waals surface area contributed by atoms with Crippen molar-refractivity contribution < 1.29 is 22.0 Å². The molecule has 1 atom stereocenters. The molecule has 0 aliphatic carbocycles. The number of rotatable bonds is 7. The summed E-state index contributed by atoms with van der Waals surface area (Å²) in [6, 6.07) is 2.67. The SMILES string of the molecule is CCC(c1nnn(-c2ccc(F)cc2F)c1C)n1cc(-c2cnc(C(F)(F)F)nc2)c2c(/N=C/N(C)C)ncnc21. The molecule has 4 heterocycles. The van der Waals surface area contributed by atoms with Gasteiger partial charge >= 0.3 is 6.18 Å². The van der Waals surface area contributed by atoms with E-state index in [1.165, 1.54) is 23.4 Å². The van der Waals surface area contributed by atoms with E-state index in [2.05, 4.69) is 35.2 Å². The van der Waals surface area contributed by atoms with Crippen LogP contribution in [-0.2, 0) is 6.18 Å². The second kappa shape index (κ2) is 10.6. The monoisotopic (exact) mass is 570 g/mol. The molecule has 4 aromatic heterocycles. The summed E-state index contributed by atoms with van der Waals surface area (Å²) >= 11 is 0. The van der Waals surface area contributed by atoms with Gasteiger partial charge in [0, 0.05) is 49.9 Å². The molecule has 41 heavy (non-hydrogen) atoms. The molecule has 212 valence electrons. The van der Waals surface area contributed by atoms with Crippen molar-refractivity contribution in [3.8, 4) is 16.8 Å². The van der Waals surface area contributed by atoms with E-state index >= 15 is 0 Å². The van der Waals surface area contributed by atoms with Crippen molar-refractivity contribution in [3.05, 3.63) is 72.0 Å². The summed E-state index contributed by atoms with van der Waals surface area (Å²) in [6.07, 6.45) is 2.53. The molecular formula is C26H23F5N10. The Balaban J connectivity index is 1.69. The third-order valence-corrected chi connectivity index (χ3v) is 6.32. The summed E-state index contributed by atoms with van der Waals surface area (Å²) in [4.78, 5) is 21.9. The van der Waals surface area contributed by atoms with E-state index in [9.17, 15) is 22.0 Å². The van der Waals surface area contributed by atoms with Crippen molar-refractivity contribution in [2.75, 3.05) is 14.1 Å². The third kappa shape index (κ3) is 5.21. The van der Waals surface area contributed by atoms with Crippen LogP contribution in [0.1, 0.15) is 36.6 Å². The number of benzene rings is 1. The normalized spacial score (nSPS) is 12.9. The molecule has 5 aromatic rings. The van der Waals surface area contributed by atoms with Gasteiger partial charge in [-0.15, -0.1) is 5.10 Å². The molecule has 0 saturated heterocycles. The molecule has 0 amide bonds. The van der Waals surface area contributed by atoms with Gasteiger partial charge in [-0.05, 0) is 25.5 Å². The van der Waals surface area contributed by atoms with Crippen LogP contribution in [0, 0.1) is 18.6 Å². The minimum atomic E-state index is -4.70. The molecule has 0 spiro atoms. The maximum Gasteiger partial charge on any atom is 0.451 e. The smallest absolute Gasteiger partial charge is 0.369 e. The van der Waals surface area contributed by atoms with E-state index in [1.807, 2.05) is 6.92 Å². The molecule has 0 saturated carbocycles. The molecule has 10 nitrogen and oxygen atoms in total. The Morgan fingerprint density at radius 1 is 1.07 bits per heavy atom. The molecule has 5 rings (SSSR count). The zero-order valence-corrected chi connectivity index (χ0v) is 22.3. The first-order valence-corrected chi connectivity index (χ1v) is 12.3. The summed E-state index contributed by atoms with van der Waals surface area (Å²) in [5.41, 5.74) is 2.19.